The highest BCUT2D eigenvalue weighted by Gasteiger charge is 2.35. The largest absolute Gasteiger partial charge is 0.465 e. The van der Waals surface area contributed by atoms with Gasteiger partial charge in [-0.25, -0.2) is 14.2 Å². The van der Waals surface area contributed by atoms with E-state index in [4.69, 9.17) is 16.3 Å². The lowest BCUT2D eigenvalue weighted by Gasteiger charge is -2.17. The number of rotatable bonds is 4. The summed E-state index contributed by atoms with van der Waals surface area (Å²) in [6.45, 7) is 0. The maximum Gasteiger partial charge on any atom is 0.337 e. The number of fused-ring (bicyclic) bond motifs is 1. The second-order valence-electron chi connectivity index (χ2n) is 7.44. The Morgan fingerprint density at radius 1 is 1.06 bits per heavy atom. The van der Waals surface area contributed by atoms with Crippen LogP contribution in [0.5, 0.6) is 0 Å². The van der Waals surface area contributed by atoms with Crippen LogP contribution in [0.1, 0.15) is 20.8 Å². The van der Waals surface area contributed by atoms with Crippen LogP contribution in [0.3, 0.4) is 0 Å². The van der Waals surface area contributed by atoms with Gasteiger partial charge < -0.3 is 4.74 Å². The first-order valence-corrected chi connectivity index (χ1v) is 11.4. The molecule has 5 rings (SSSR count). The summed E-state index contributed by atoms with van der Waals surface area (Å²) in [5.41, 5.74) is 1.75. The summed E-state index contributed by atoms with van der Waals surface area (Å²) in [5.74, 6) is -0.846. The SMILES string of the molecule is COC(=O)c1ccc(/C=C2/N=C(c3sc4ccccc4c3Cl)N(c3ccc(F)cc3)C2=O)cc1. The second kappa shape index (κ2) is 8.85. The van der Waals surface area contributed by atoms with Gasteiger partial charge in [0.2, 0.25) is 0 Å². The fraction of sp³-hybridized carbons (Fsp3) is 0.0385. The van der Waals surface area contributed by atoms with Gasteiger partial charge in [0.05, 0.1) is 28.3 Å². The summed E-state index contributed by atoms with van der Waals surface area (Å²) in [7, 11) is 1.31. The molecule has 1 amide bonds. The third-order valence-corrected chi connectivity index (χ3v) is 6.99. The number of carbonyl (C=O) groups is 2. The lowest BCUT2D eigenvalue weighted by atomic mass is 10.1. The molecular weight excluding hydrogens is 475 g/mol. The molecule has 0 aliphatic carbocycles. The first-order chi connectivity index (χ1) is 16.5. The summed E-state index contributed by atoms with van der Waals surface area (Å²) in [4.78, 5) is 31.9. The topological polar surface area (TPSA) is 59.0 Å². The van der Waals surface area contributed by atoms with E-state index in [9.17, 15) is 14.0 Å². The standard InChI is InChI=1S/C26H16ClFN2O3S/c1-33-26(32)16-8-6-15(7-9-16)14-20-25(31)30(18-12-10-17(28)11-13-18)24(29-20)23-22(27)19-4-2-3-5-21(19)34-23/h2-14H,1H3/b20-14+. The molecule has 0 N–H and O–H groups in total. The zero-order valence-electron chi connectivity index (χ0n) is 17.8. The number of nitrogens with zero attached hydrogens (tertiary/aromatic N) is 2. The van der Waals surface area contributed by atoms with Gasteiger partial charge in [-0.2, -0.15) is 0 Å². The van der Waals surface area contributed by atoms with Gasteiger partial charge in [0, 0.05) is 10.1 Å². The minimum Gasteiger partial charge on any atom is -0.465 e. The summed E-state index contributed by atoms with van der Waals surface area (Å²) in [6, 6.07) is 20.0. The molecule has 1 aromatic heterocycles. The average molecular weight is 491 g/mol. The molecule has 4 aromatic rings. The Morgan fingerprint density at radius 3 is 2.44 bits per heavy atom. The molecule has 0 saturated carbocycles. The van der Waals surface area contributed by atoms with Gasteiger partial charge in [-0.05, 0) is 54.1 Å². The van der Waals surface area contributed by atoms with Crippen molar-refractivity contribution in [1.82, 2.24) is 0 Å². The van der Waals surface area contributed by atoms with Crippen LogP contribution in [0, 0.1) is 5.82 Å². The molecule has 168 valence electrons. The average Bonchev–Trinajstić information content (AvgIpc) is 3.36. The minimum atomic E-state index is -0.446. The van der Waals surface area contributed by atoms with Crippen molar-refractivity contribution in [2.45, 2.75) is 0 Å². The number of amides is 1. The number of aliphatic imine (C=N–C) groups is 1. The molecule has 0 spiro atoms. The van der Waals surface area contributed by atoms with Crippen molar-refractivity contribution < 1.29 is 18.7 Å². The van der Waals surface area contributed by atoms with Crippen LogP contribution < -0.4 is 4.90 Å². The smallest absolute Gasteiger partial charge is 0.337 e. The highest BCUT2D eigenvalue weighted by molar-refractivity contribution is 7.21. The van der Waals surface area contributed by atoms with E-state index in [1.807, 2.05) is 24.3 Å². The van der Waals surface area contributed by atoms with Gasteiger partial charge in [-0.1, -0.05) is 41.9 Å². The third-order valence-electron chi connectivity index (χ3n) is 5.32. The van der Waals surface area contributed by atoms with Crippen molar-refractivity contribution in [3.8, 4) is 0 Å². The van der Waals surface area contributed by atoms with Crippen molar-refractivity contribution in [2.75, 3.05) is 12.0 Å². The van der Waals surface area contributed by atoms with Crippen LogP contribution in [0.15, 0.2) is 83.5 Å². The molecule has 0 unspecified atom stereocenters. The van der Waals surface area contributed by atoms with E-state index >= 15 is 0 Å². The lowest BCUT2D eigenvalue weighted by molar-refractivity contribution is -0.113. The number of hydrogen-bond donors (Lipinski definition) is 0. The van der Waals surface area contributed by atoms with Gasteiger partial charge in [-0.3, -0.25) is 9.69 Å². The van der Waals surface area contributed by atoms with Crippen LogP contribution in [0.25, 0.3) is 16.2 Å². The molecule has 2 heterocycles. The van der Waals surface area contributed by atoms with Gasteiger partial charge in [0.15, 0.2) is 5.84 Å². The Labute approximate surface area is 203 Å². The van der Waals surface area contributed by atoms with Crippen LogP contribution in [0.2, 0.25) is 5.02 Å². The summed E-state index contributed by atoms with van der Waals surface area (Å²) in [5, 5.41) is 1.37. The van der Waals surface area contributed by atoms with E-state index in [0.717, 1.165) is 10.1 Å². The first kappa shape index (κ1) is 22.0. The zero-order valence-corrected chi connectivity index (χ0v) is 19.4. The molecule has 0 fully saturated rings. The van der Waals surface area contributed by atoms with Crippen LogP contribution in [-0.4, -0.2) is 24.8 Å². The number of ether oxygens (including phenoxy) is 1. The van der Waals surface area contributed by atoms with E-state index < -0.39 is 11.8 Å². The molecule has 0 radical (unpaired) electrons. The maximum absolute atomic E-state index is 13.6. The van der Waals surface area contributed by atoms with Crippen LogP contribution in [-0.2, 0) is 9.53 Å². The number of esters is 1. The minimum absolute atomic E-state index is 0.193. The number of thiophene rings is 1. The third kappa shape index (κ3) is 3.89. The van der Waals surface area contributed by atoms with Crippen LogP contribution >= 0.6 is 22.9 Å². The Hall–Kier alpha value is -3.81. The number of methoxy groups -OCH3 is 1. The molecule has 34 heavy (non-hydrogen) atoms. The van der Waals surface area contributed by atoms with Gasteiger partial charge >= 0.3 is 5.97 Å². The molecule has 5 nitrogen and oxygen atoms in total. The Bertz CT molecular complexity index is 1490. The molecule has 0 atom stereocenters. The number of carbonyl (C=O) groups excluding carboxylic acids is 2. The van der Waals surface area contributed by atoms with E-state index in [1.165, 1.54) is 47.6 Å². The van der Waals surface area contributed by atoms with Gasteiger partial charge in [-0.15, -0.1) is 11.3 Å². The Balaban J connectivity index is 1.62. The Morgan fingerprint density at radius 2 is 1.76 bits per heavy atom. The highest BCUT2D eigenvalue weighted by Crippen LogP contribution is 2.39. The Kier molecular flexibility index (Phi) is 5.73. The molecule has 1 aliphatic heterocycles. The van der Waals surface area contributed by atoms with Crippen molar-refractivity contribution in [2.24, 2.45) is 4.99 Å². The van der Waals surface area contributed by atoms with Crippen molar-refractivity contribution in [3.05, 3.63) is 105 Å². The monoisotopic (exact) mass is 490 g/mol. The fourth-order valence-electron chi connectivity index (χ4n) is 3.65. The van der Waals surface area contributed by atoms with E-state index in [2.05, 4.69) is 4.99 Å². The lowest BCUT2D eigenvalue weighted by Crippen LogP contribution is -2.32. The summed E-state index contributed by atoms with van der Waals surface area (Å²) in [6.07, 6.45) is 1.63. The highest BCUT2D eigenvalue weighted by atomic mass is 35.5. The summed E-state index contributed by atoms with van der Waals surface area (Å²) < 4.78 is 19.3. The number of anilines is 1. The maximum atomic E-state index is 13.6. The summed E-state index contributed by atoms with van der Waals surface area (Å²) >= 11 is 8.13. The van der Waals surface area contributed by atoms with E-state index in [1.54, 1.807) is 30.3 Å². The molecule has 1 aliphatic rings. The number of benzene rings is 3. The van der Waals surface area contributed by atoms with Crippen molar-refractivity contribution >= 4 is 62.5 Å². The number of halogens is 2. The van der Waals surface area contributed by atoms with E-state index in [0.29, 0.717) is 32.5 Å². The van der Waals surface area contributed by atoms with Crippen molar-refractivity contribution in [1.29, 1.82) is 0 Å². The van der Waals surface area contributed by atoms with Gasteiger partial charge in [0.1, 0.15) is 11.5 Å². The second-order valence-corrected chi connectivity index (χ2v) is 8.87. The predicted octanol–water partition coefficient (Wildman–Crippen LogP) is 6.31. The van der Waals surface area contributed by atoms with Crippen molar-refractivity contribution in [3.63, 3.8) is 0 Å². The quantitative estimate of drug-likeness (QED) is 0.248. The fourth-order valence-corrected chi connectivity index (χ4v) is 5.14. The molecule has 3 aromatic carbocycles. The number of hydrogen-bond acceptors (Lipinski definition) is 5. The zero-order chi connectivity index (χ0) is 23.8. The number of amidine groups is 1. The molecule has 0 bridgehead atoms. The molecular formula is C26H16ClFN2O3S. The van der Waals surface area contributed by atoms with E-state index in [-0.39, 0.29) is 11.6 Å². The normalized spacial score (nSPS) is 14.7. The first-order valence-electron chi connectivity index (χ1n) is 10.2. The van der Waals surface area contributed by atoms with Crippen LogP contribution in [0.4, 0.5) is 10.1 Å². The molecule has 8 heteroatoms. The predicted molar refractivity (Wildman–Crippen MR) is 133 cm³/mol. The molecule has 0 saturated heterocycles. The van der Waals surface area contributed by atoms with Gasteiger partial charge in [0.25, 0.3) is 5.91 Å².